The molecule has 0 saturated heterocycles. The van der Waals surface area contributed by atoms with Gasteiger partial charge in [0.15, 0.2) is 5.71 Å². The maximum atomic E-state index is 13.8. The van der Waals surface area contributed by atoms with Crippen LogP contribution in [0, 0.1) is 0 Å². The second-order valence-electron chi connectivity index (χ2n) is 29.5. The number of nitrogens with one attached hydrogen (secondary N) is 8. The Balaban J connectivity index is 1.03. The average molecular weight is 2020 g/mol. The normalized spacial score (nSPS) is 16.3. The highest BCUT2D eigenvalue weighted by Crippen LogP contribution is 2.52. The van der Waals surface area contributed by atoms with Crippen LogP contribution in [0.2, 0.25) is 0 Å². The lowest BCUT2D eigenvalue weighted by Crippen LogP contribution is -2.61. The zero-order valence-corrected chi connectivity index (χ0v) is 74.9. The summed E-state index contributed by atoms with van der Waals surface area (Å²) >= 11 is 14.2. The number of unbranched alkanes of at least 4 members (excludes halogenated alkanes) is 5. The van der Waals surface area contributed by atoms with Crippen LogP contribution in [0.15, 0.2) is 106 Å². The topological polar surface area (TPSA) is 627 Å². The summed E-state index contributed by atoms with van der Waals surface area (Å²) < 4.78 is 76.0. The number of carbonyl (C=O) groups excluding carboxylic acids is 8. The quantitative estimate of drug-likeness (QED) is 0.00639. The molecule has 0 saturated carbocycles. The molecule has 0 radical (unpaired) electrons. The highest BCUT2D eigenvalue weighted by atomic mass is 79.9. The van der Waals surface area contributed by atoms with E-state index in [2.05, 4.69) is 84.7 Å². The Morgan fingerprint density at radius 2 is 0.927 bits per heavy atom. The number of nitrogens with zero attached hydrogens (tertiary/aromatic N) is 4. The molecule has 8 atom stereocenters. The first-order chi connectivity index (χ1) is 57.5. The number of aliphatic carboxylic acids is 7. The van der Waals surface area contributed by atoms with Crippen LogP contribution >= 0.6 is 63.7 Å². The molecule has 6 rings (SSSR count). The molecule has 3 heterocycles. The fourth-order valence-corrected chi connectivity index (χ4v) is 17.5. The summed E-state index contributed by atoms with van der Waals surface area (Å²) in [7, 11) is -9.16. The maximum Gasteiger partial charge on any atom is 0.326 e. The van der Waals surface area contributed by atoms with Gasteiger partial charge < -0.3 is 87.7 Å². The number of benzene rings is 3. The minimum Gasteiger partial charge on any atom is -0.481 e. The first kappa shape index (κ1) is 101. The summed E-state index contributed by atoms with van der Waals surface area (Å²) in [6, 6.07) is -6.88. The van der Waals surface area contributed by atoms with Crippen LogP contribution in [-0.2, 0) is 110 Å². The van der Waals surface area contributed by atoms with Crippen molar-refractivity contribution in [1.82, 2.24) is 52.1 Å². The van der Waals surface area contributed by atoms with Gasteiger partial charge in [-0.25, -0.2) is 9.78 Å². The van der Waals surface area contributed by atoms with Crippen LogP contribution in [0.5, 0.6) is 0 Å². The van der Waals surface area contributed by atoms with Crippen LogP contribution < -0.4 is 47.4 Å². The van der Waals surface area contributed by atoms with Crippen LogP contribution in [0.1, 0.15) is 161 Å². The van der Waals surface area contributed by atoms with E-state index >= 15 is 0 Å². The first-order valence-corrected chi connectivity index (χ1v) is 44.4. The zero-order chi connectivity index (χ0) is 91.9. The minimum atomic E-state index is -4.67. The molecule has 2 aliphatic heterocycles. The van der Waals surface area contributed by atoms with Gasteiger partial charge in [-0.15, -0.1) is 0 Å². The first-order valence-electron chi connectivity index (χ1n) is 38.4. The lowest BCUT2D eigenvalue weighted by atomic mass is 9.77. The molecule has 40 nitrogen and oxygen atoms in total. The van der Waals surface area contributed by atoms with Crippen molar-refractivity contribution in [1.29, 1.82) is 0 Å². The molecule has 1 aromatic heterocycles. The van der Waals surface area contributed by atoms with Gasteiger partial charge >= 0.3 is 41.8 Å². The van der Waals surface area contributed by atoms with Crippen molar-refractivity contribution in [3.8, 4) is 0 Å². The number of imidazole rings is 1. The molecule has 0 spiro atoms. The fraction of sp³-hybridized carbons (Fsp3) is 0.468. The molecule has 123 heavy (non-hydrogen) atoms. The van der Waals surface area contributed by atoms with Gasteiger partial charge in [0.2, 0.25) is 52.9 Å². The predicted octanol–water partition coefficient (Wildman–Crippen LogP) is 5.59. The zero-order valence-electron chi connectivity index (χ0n) is 66.9. The SMILES string of the molecule is CCN1C(=C/C=C/C=C/C2=[N+](CC)c3ccc(S(=O)(=O)O)cc3C2(C)C)C(C)(CCCC(=O)NCCCCC(NC(=O)[C@H](CC(=O)O)NC(=O)[C@H](CC(=O)O)NC(=O)[C@H](CC(=O)O)NC(=O)[C@H](CC(=O)O)NC(=O)[C@H](CC(=O)O)NC(=O)[C@H](CC(=O)O)NC(=O)CCCCCCCn2cnc3c(Br)c(Br)c(Br)c(Br)c32)C(=O)O)c2cc(S(=O)(=O)O)ccc21. The standard InChI is InChI=1S/C77H94Br4N12O28S2/c1-6-92-51-26-24-40(122(116,117)118)31-42(51)76(3,4)53(92)20-12-11-13-21-54-77(5,43-32-41(123(119,120)121)25-27-52(43)93(54)7-2)28-18-23-55(94)82-29-16-15-19-44(75(114)115)85-70(109)46(34-58(98)99)87-72(111)48(36-60(102)103)89-74(113)50(38-62(106)107)90-73(112)49(37-61(104)105)88-71(110)47(35-59(100)101)86-69(108)45(33-57(96)97)84-56(95)22-14-9-8-10-17-30-91-39-83-67-65(80)63(78)64(79)66(81)68(67)91/h11-13,20-21,24-27,31-32,39,44-50H,6-10,14-19,22-23,28-30,33-38H2,1-5H3,(H16-,82,84,85,86,87,88,89,90,94,95,96,97,98,99,100,101,102,103,104,105,106,107,108,109,110,111,112,113,114,115,116,117,118,119,120,121)/p+1/t44?,45-,46-,47-,48-,49-,50-,77?/m0/s1. The molecule has 3 aromatic carbocycles. The number of anilines is 1. The van der Waals surface area contributed by atoms with E-state index in [0.717, 1.165) is 58.9 Å². The number of carbonyl (C=O) groups is 15. The van der Waals surface area contributed by atoms with Crippen molar-refractivity contribution < 1.29 is 138 Å². The third-order valence-corrected chi connectivity index (χ3v) is 26.6. The van der Waals surface area contributed by atoms with Crippen LogP contribution in [0.25, 0.3) is 11.0 Å². The number of rotatable bonds is 50. The lowest BCUT2D eigenvalue weighted by Gasteiger charge is -2.30. The van der Waals surface area contributed by atoms with Gasteiger partial charge in [-0.1, -0.05) is 37.5 Å². The van der Waals surface area contributed by atoms with E-state index in [0.29, 0.717) is 49.3 Å². The smallest absolute Gasteiger partial charge is 0.326 e. The number of amides is 8. The number of hydrogen-bond acceptors (Lipinski definition) is 21. The maximum absolute atomic E-state index is 13.8. The molecule has 2 aliphatic rings. The van der Waals surface area contributed by atoms with E-state index in [4.69, 9.17) is 0 Å². The molecule has 670 valence electrons. The number of fused-ring (bicyclic) bond motifs is 3. The van der Waals surface area contributed by atoms with Crippen LogP contribution in [0.4, 0.5) is 11.4 Å². The molecular formula is C77H95Br4N12O28S2+. The van der Waals surface area contributed by atoms with Gasteiger partial charge in [-0.05, 0) is 185 Å². The molecule has 8 amide bonds. The van der Waals surface area contributed by atoms with Gasteiger partial charge in [0.1, 0.15) is 54.4 Å². The molecule has 0 aliphatic carbocycles. The molecule has 46 heteroatoms. The van der Waals surface area contributed by atoms with Gasteiger partial charge in [0, 0.05) is 75.9 Å². The fourth-order valence-electron chi connectivity index (χ4n) is 14.1. The van der Waals surface area contributed by atoms with Crippen molar-refractivity contribution in [3.63, 3.8) is 0 Å². The summed E-state index contributed by atoms with van der Waals surface area (Å²) in [6.45, 7) is 11.0. The molecular weight excluding hydrogens is 1920 g/mol. The number of allylic oxidation sites excluding steroid dienone is 6. The largest absolute Gasteiger partial charge is 0.481 e. The van der Waals surface area contributed by atoms with Gasteiger partial charge in [-0.2, -0.15) is 21.4 Å². The average Bonchev–Trinajstić information content (AvgIpc) is 1.59. The highest BCUT2D eigenvalue weighted by molar-refractivity contribution is 9.15. The number of aromatic nitrogens is 2. The summed E-state index contributed by atoms with van der Waals surface area (Å²) in [6.07, 6.45) is 5.48. The van der Waals surface area contributed by atoms with Crippen molar-refractivity contribution in [2.24, 2.45) is 0 Å². The number of likely N-dealkylation sites (N-methyl/N-ethyl adjacent to an activating group) is 1. The number of carboxylic acid groups (broad SMARTS) is 7. The predicted molar refractivity (Wildman–Crippen MR) is 451 cm³/mol. The summed E-state index contributed by atoms with van der Waals surface area (Å²) in [5.74, 6) is -23.5. The second-order valence-corrected chi connectivity index (χ2v) is 35.5. The molecule has 4 aromatic rings. The Morgan fingerprint density at radius 1 is 0.496 bits per heavy atom. The van der Waals surface area contributed by atoms with Gasteiger partial charge in [0.05, 0.1) is 74.5 Å². The molecule has 0 fully saturated rings. The lowest BCUT2D eigenvalue weighted by molar-refractivity contribution is -0.433. The van der Waals surface area contributed by atoms with Gasteiger partial charge in [-0.3, -0.25) is 76.2 Å². The monoisotopic (exact) mass is 2020 g/mol. The van der Waals surface area contributed by atoms with E-state index in [-0.39, 0.29) is 67.7 Å². The number of aryl methyl sites for hydroxylation is 1. The number of hydrogen-bond donors (Lipinski definition) is 17. The van der Waals surface area contributed by atoms with E-state index < -0.39 is 201 Å². The third-order valence-electron chi connectivity index (χ3n) is 20.2. The van der Waals surface area contributed by atoms with E-state index in [9.17, 15) is 134 Å². The van der Waals surface area contributed by atoms with Crippen molar-refractivity contribution in [2.75, 3.05) is 24.5 Å². The molecule has 17 N–H and O–H groups in total. The Bertz CT molecular complexity index is 5150. The van der Waals surface area contributed by atoms with Crippen molar-refractivity contribution >= 4 is 201 Å². The highest BCUT2D eigenvalue weighted by Gasteiger charge is 2.46. The molecule has 0 bridgehead atoms. The summed E-state index contributed by atoms with van der Waals surface area (Å²) in [5.41, 5.74) is 4.15. The van der Waals surface area contributed by atoms with Gasteiger partial charge in [0.25, 0.3) is 20.2 Å². The van der Waals surface area contributed by atoms with E-state index in [1.807, 2.05) is 87.4 Å². The number of carboxylic acids is 7. The third kappa shape index (κ3) is 28.3. The van der Waals surface area contributed by atoms with Crippen molar-refractivity contribution in [2.45, 2.75) is 220 Å². The van der Waals surface area contributed by atoms with Crippen LogP contribution in [-0.4, -0.2) is 232 Å². The summed E-state index contributed by atoms with van der Waals surface area (Å²) in [5, 5.41) is 85.0. The summed E-state index contributed by atoms with van der Waals surface area (Å²) in [4.78, 5) is 200. The second kappa shape index (κ2) is 45.3. The number of halogens is 4. The Morgan fingerprint density at radius 3 is 1.38 bits per heavy atom. The Hall–Kier alpha value is -10.4. The Kier molecular flexibility index (Phi) is 37.4. The Labute approximate surface area is 738 Å². The van der Waals surface area contributed by atoms with E-state index in [1.54, 1.807) is 36.7 Å². The van der Waals surface area contributed by atoms with E-state index in [1.165, 1.54) is 24.3 Å². The molecule has 2 unspecified atom stereocenters. The minimum absolute atomic E-state index is 0.0274. The van der Waals surface area contributed by atoms with Crippen molar-refractivity contribution in [3.05, 3.63) is 108 Å². The van der Waals surface area contributed by atoms with Crippen LogP contribution in [0.3, 0.4) is 0 Å².